The van der Waals surface area contributed by atoms with Crippen LogP contribution in [0.4, 0.5) is 10.1 Å². The highest BCUT2D eigenvalue weighted by molar-refractivity contribution is 5.95. The van der Waals surface area contributed by atoms with E-state index in [0.29, 0.717) is 49.0 Å². The summed E-state index contributed by atoms with van der Waals surface area (Å²) in [6.45, 7) is 2.64. The third-order valence-electron chi connectivity index (χ3n) is 4.67. The summed E-state index contributed by atoms with van der Waals surface area (Å²) < 4.78 is 29.3. The molecule has 2 heterocycles. The van der Waals surface area contributed by atoms with E-state index in [4.69, 9.17) is 14.2 Å². The molecular weight excluding hydrogens is 339 g/mol. The molecule has 0 radical (unpaired) electrons. The van der Waals surface area contributed by atoms with Crippen LogP contribution >= 0.6 is 0 Å². The number of hydrogen-bond donors (Lipinski definition) is 0. The van der Waals surface area contributed by atoms with Crippen molar-refractivity contribution in [1.29, 1.82) is 0 Å². The van der Waals surface area contributed by atoms with E-state index in [2.05, 4.69) is 4.90 Å². The summed E-state index contributed by atoms with van der Waals surface area (Å²) in [5, 5.41) is 0. The summed E-state index contributed by atoms with van der Waals surface area (Å²) in [5.74, 6) is 1.40. The van der Waals surface area contributed by atoms with Gasteiger partial charge in [-0.2, -0.15) is 0 Å². The number of methoxy groups -OCH3 is 1. The van der Waals surface area contributed by atoms with E-state index in [-0.39, 0.29) is 18.5 Å². The maximum absolute atomic E-state index is 13.4. The molecule has 0 atom stereocenters. The first kappa shape index (κ1) is 16.5. The highest BCUT2D eigenvalue weighted by atomic mass is 19.1. The van der Waals surface area contributed by atoms with Crippen molar-refractivity contribution in [2.24, 2.45) is 0 Å². The molecule has 0 aromatic heterocycles. The highest BCUT2D eigenvalue weighted by Gasteiger charge is 2.25. The van der Waals surface area contributed by atoms with E-state index in [0.717, 1.165) is 5.69 Å². The van der Waals surface area contributed by atoms with Crippen LogP contribution in [0, 0.1) is 5.82 Å². The normalized spacial score (nSPS) is 15.9. The third kappa shape index (κ3) is 3.00. The number of benzene rings is 2. The number of carbonyl (C=O) groups is 1. The molecule has 0 aliphatic carbocycles. The van der Waals surface area contributed by atoms with E-state index >= 15 is 0 Å². The summed E-state index contributed by atoms with van der Waals surface area (Å²) in [4.78, 5) is 16.7. The predicted octanol–water partition coefficient (Wildman–Crippen LogP) is 2.53. The predicted molar refractivity (Wildman–Crippen MR) is 93.6 cm³/mol. The van der Waals surface area contributed by atoms with E-state index in [9.17, 15) is 9.18 Å². The maximum Gasteiger partial charge on any atom is 0.254 e. The van der Waals surface area contributed by atoms with Crippen LogP contribution in [0.5, 0.6) is 17.2 Å². The van der Waals surface area contributed by atoms with Crippen molar-refractivity contribution in [3.8, 4) is 17.2 Å². The minimum absolute atomic E-state index is 0.0333. The fourth-order valence-corrected chi connectivity index (χ4v) is 3.28. The number of anilines is 1. The first-order valence-electron chi connectivity index (χ1n) is 8.43. The van der Waals surface area contributed by atoms with Gasteiger partial charge in [0.05, 0.1) is 12.8 Å². The molecule has 1 amide bonds. The lowest BCUT2D eigenvalue weighted by Gasteiger charge is -2.36. The van der Waals surface area contributed by atoms with E-state index in [1.165, 1.54) is 19.2 Å². The van der Waals surface area contributed by atoms with Crippen LogP contribution < -0.4 is 19.1 Å². The number of amides is 1. The Morgan fingerprint density at radius 1 is 1.04 bits per heavy atom. The van der Waals surface area contributed by atoms with Crippen molar-refractivity contribution >= 4 is 11.6 Å². The molecule has 0 unspecified atom stereocenters. The molecule has 2 aromatic carbocycles. The molecule has 0 N–H and O–H groups in total. The Hall–Kier alpha value is -2.96. The number of carbonyl (C=O) groups excluding carboxylic acids is 1. The Kier molecular flexibility index (Phi) is 4.28. The van der Waals surface area contributed by atoms with Crippen LogP contribution in [0.25, 0.3) is 0 Å². The van der Waals surface area contributed by atoms with Gasteiger partial charge in [-0.15, -0.1) is 0 Å². The molecule has 0 saturated carbocycles. The zero-order valence-electron chi connectivity index (χ0n) is 14.4. The van der Waals surface area contributed by atoms with Gasteiger partial charge in [-0.1, -0.05) is 0 Å². The second-order valence-electron chi connectivity index (χ2n) is 6.16. The molecular formula is C19H19FN2O4. The largest absolute Gasteiger partial charge is 0.494 e. The lowest BCUT2D eigenvalue weighted by Crippen LogP contribution is -2.48. The summed E-state index contributed by atoms with van der Waals surface area (Å²) in [6.07, 6.45) is 0. The van der Waals surface area contributed by atoms with Crippen molar-refractivity contribution in [2.75, 3.05) is 45.0 Å². The zero-order valence-corrected chi connectivity index (χ0v) is 14.4. The van der Waals surface area contributed by atoms with Crippen LogP contribution in [0.15, 0.2) is 36.4 Å². The summed E-state index contributed by atoms with van der Waals surface area (Å²) >= 11 is 0. The number of fused-ring (bicyclic) bond motifs is 1. The van der Waals surface area contributed by atoms with Gasteiger partial charge in [0.1, 0.15) is 11.6 Å². The topological polar surface area (TPSA) is 51.2 Å². The average Bonchev–Trinajstić information content (AvgIpc) is 3.15. The molecule has 0 bridgehead atoms. The summed E-state index contributed by atoms with van der Waals surface area (Å²) in [7, 11) is 1.53. The smallest absolute Gasteiger partial charge is 0.254 e. The molecule has 2 aromatic rings. The standard InChI is InChI=1S/C19H19FN2O4/c1-24-17-11-14(20)3-4-15(17)21-6-8-22(9-7-21)19(23)13-2-5-16-18(10-13)26-12-25-16/h2-5,10-11H,6-9,12H2,1H3. The minimum atomic E-state index is -0.331. The first-order valence-corrected chi connectivity index (χ1v) is 8.43. The number of halogens is 1. The molecule has 2 aliphatic heterocycles. The number of hydrogen-bond acceptors (Lipinski definition) is 5. The molecule has 1 saturated heterocycles. The molecule has 2 aliphatic rings. The molecule has 6 nitrogen and oxygen atoms in total. The van der Waals surface area contributed by atoms with Gasteiger partial charge in [0.15, 0.2) is 11.5 Å². The Morgan fingerprint density at radius 2 is 1.81 bits per heavy atom. The molecule has 7 heteroatoms. The number of ether oxygens (including phenoxy) is 3. The monoisotopic (exact) mass is 358 g/mol. The maximum atomic E-state index is 13.4. The number of rotatable bonds is 3. The van der Waals surface area contributed by atoms with Crippen LogP contribution in [0.1, 0.15) is 10.4 Å². The Balaban J connectivity index is 1.44. The SMILES string of the molecule is COc1cc(F)ccc1N1CCN(C(=O)c2ccc3c(c2)OCO3)CC1. The van der Waals surface area contributed by atoms with Crippen LogP contribution in [0.2, 0.25) is 0 Å². The first-order chi connectivity index (χ1) is 12.7. The fourth-order valence-electron chi connectivity index (χ4n) is 3.28. The van der Waals surface area contributed by atoms with Gasteiger partial charge in [-0.05, 0) is 30.3 Å². The molecule has 4 rings (SSSR count). The van der Waals surface area contributed by atoms with Crippen molar-refractivity contribution < 1.29 is 23.4 Å². The zero-order chi connectivity index (χ0) is 18.1. The Morgan fingerprint density at radius 3 is 2.58 bits per heavy atom. The number of nitrogens with zero attached hydrogens (tertiary/aromatic N) is 2. The minimum Gasteiger partial charge on any atom is -0.494 e. The third-order valence-corrected chi connectivity index (χ3v) is 4.67. The van der Waals surface area contributed by atoms with E-state index < -0.39 is 0 Å². The molecule has 26 heavy (non-hydrogen) atoms. The molecule has 136 valence electrons. The van der Waals surface area contributed by atoms with Gasteiger partial charge in [-0.3, -0.25) is 4.79 Å². The van der Waals surface area contributed by atoms with Gasteiger partial charge in [0.2, 0.25) is 6.79 Å². The Labute approximate surface area is 150 Å². The lowest BCUT2D eigenvalue weighted by atomic mass is 10.1. The van der Waals surface area contributed by atoms with Crippen molar-refractivity contribution in [3.05, 3.63) is 47.8 Å². The Bertz CT molecular complexity index is 834. The summed E-state index contributed by atoms with van der Waals surface area (Å²) in [5.41, 5.74) is 1.42. The van der Waals surface area contributed by atoms with Gasteiger partial charge >= 0.3 is 0 Å². The van der Waals surface area contributed by atoms with Gasteiger partial charge < -0.3 is 24.0 Å². The average molecular weight is 358 g/mol. The van der Waals surface area contributed by atoms with Crippen molar-refractivity contribution in [3.63, 3.8) is 0 Å². The fraction of sp³-hybridized carbons (Fsp3) is 0.316. The van der Waals surface area contributed by atoms with Crippen LogP contribution in [-0.4, -0.2) is 50.9 Å². The van der Waals surface area contributed by atoms with Crippen LogP contribution in [0.3, 0.4) is 0 Å². The summed E-state index contributed by atoms with van der Waals surface area (Å²) in [6, 6.07) is 9.74. The van der Waals surface area contributed by atoms with Gasteiger partial charge in [0.25, 0.3) is 5.91 Å². The quantitative estimate of drug-likeness (QED) is 0.844. The van der Waals surface area contributed by atoms with Gasteiger partial charge in [-0.25, -0.2) is 4.39 Å². The molecule has 0 spiro atoms. The van der Waals surface area contributed by atoms with Crippen LogP contribution in [-0.2, 0) is 0 Å². The van der Waals surface area contributed by atoms with E-state index in [1.54, 1.807) is 24.3 Å². The molecule has 1 fully saturated rings. The van der Waals surface area contributed by atoms with E-state index in [1.807, 2.05) is 4.90 Å². The highest BCUT2D eigenvalue weighted by Crippen LogP contribution is 2.33. The lowest BCUT2D eigenvalue weighted by molar-refractivity contribution is 0.0746. The second kappa shape index (κ2) is 6.74. The number of piperazine rings is 1. The second-order valence-corrected chi connectivity index (χ2v) is 6.16. The van der Waals surface area contributed by atoms with Gasteiger partial charge in [0, 0.05) is 37.8 Å². The van der Waals surface area contributed by atoms with Crippen molar-refractivity contribution in [2.45, 2.75) is 0 Å². The van der Waals surface area contributed by atoms with Crippen molar-refractivity contribution in [1.82, 2.24) is 4.90 Å².